The summed E-state index contributed by atoms with van der Waals surface area (Å²) in [4.78, 5) is 24.7. The smallest absolute Gasteiger partial charge is 0.305 e. The lowest BCUT2D eigenvalue weighted by Crippen LogP contribution is -2.45. The molecule has 0 spiro atoms. The minimum atomic E-state index is -0.667. The van der Waals surface area contributed by atoms with Crippen LogP contribution in [0.3, 0.4) is 0 Å². The van der Waals surface area contributed by atoms with Gasteiger partial charge in [0.25, 0.3) is 0 Å². The maximum atomic E-state index is 12.6. The SMILES string of the molecule is CCCCCCCCCCCCCCCCCCCCCCCCCCC(O)C(CO)NC(=O)CCCCCCCCCCCC/C=C\CCCCCCCCCCCCCCOC(=O)CCCCCCCCCCCCCCCCCCC. The number of aliphatic hydroxyl groups is 2. The van der Waals surface area contributed by atoms with Gasteiger partial charge in [-0.2, -0.15) is 0 Å². The second kappa shape index (κ2) is 74.1. The number of allylic oxidation sites excluding steroid dienone is 2. The fourth-order valence-electron chi connectivity index (χ4n) is 12.6. The number of carbonyl (C=O) groups excluding carboxylic acids is 2. The van der Waals surface area contributed by atoms with Crippen molar-refractivity contribution in [2.45, 2.75) is 463 Å². The first kappa shape index (κ1) is 82.6. The number of unbranched alkanes of at least 4 members (excludes halogenated alkanes) is 61. The van der Waals surface area contributed by atoms with Crippen LogP contribution in [0.4, 0.5) is 0 Å². The molecular formula is C78H153NO5. The minimum absolute atomic E-state index is 0.0198. The molecule has 500 valence electrons. The first-order chi connectivity index (χ1) is 41.5. The van der Waals surface area contributed by atoms with Gasteiger partial charge in [-0.05, 0) is 51.4 Å². The van der Waals surface area contributed by atoms with Crippen LogP contribution in [-0.2, 0) is 14.3 Å². The van der Waals surface area contributed by atoms with E-state index in [-0.39, 0.29) is 18.5 Å². The highest BCUT2D eigenvalue weighted by Gasteiger charge is 2.20. The average Bonchev–Trinajstić information content (AvgIpc) is 3.50. The van der Waals surface area contributed by atoms with E-state index in [2.05, 4.69) is 31.3 Å². The van der Waals surface area contributed by atoms with Crippen LogP contribution in [-0.4, -0.2) is 47.4 Å². The standard InChI is InChI=1S/C78H153NO5/c1-3-5-7-9-11-13-15-17-19-21-22-23-24-29-32-35-39-42-46-50-54-58-62-66-70-76(81)75(74-80)79-77(82)71-67-63-59-55-51-47-43-40-36-33-30-27-25-26-28-31-34-37-41-45-49-53-57-61-65-69-73-84-78(83)72-68-64-60-56-52-48-44-38-20-18-16-14-12-10-8-6-4-2/h25,27,75-76,80-81H,3-24,26,28-74H2,1-2H3,(H,79,82)/b27-25-. The number of ether oxygens (including phenoxy) is 1. The number of rotatable bonds is 74. The van der Waals surface area contributed by atoms with E-state index in [0.29, 0.717) is 25.9 Å². The minimum Gasteiger partial charge on any atom is -0.466 e. The molecule has 0 aliphatic carbocycles. The van der Waals surface area contributed by atoms with Crippen molar-refractivity contribution < 1.29 is 24.5 Å². The van der Waals surface area contributed by atoms with Crippen LogP contribution < -0.4 is 5.32 Å². The van der Waals surface area contributed by atoms with Crippen molar-refractivity contribution in [1.82, 2.24) is 5.32 Å². The molecule has 0 heterocycles. The third kappa shape index (κ3) is 69.7. The van der Waals surface area contributed by atoms with Crippen LogP contribution in [0.25, 0.3) is 0 Å². The van der Waals surface area contributed by atoms with E-state index in [1.165, 1.54) is 379 Å². The number of amides is 1. The second-order valence-corrected chi connectivity index (χ2v) is 27.0. The molecule has 3 N–H and O–H groups in total. The summed E-state index contributed by atoms with van der Waals surface area (Å²) in [6.45, 7) is 5.01. The van der Waals surface area contributed by atoms with Crippen LogP contribution >= 0.6 is 0 Å². The van der Waals surface area contributed by atoms with E-state index < -0.39 is 12.1 Å². The lowest BCUT2D eigenvalue weighted by atomic mass is 10.0. The lowest BCUT2D eigenvalue weighted by molar-refractivity contribution is -0.143. The summed E-state index contributed by atoms with van der Waals surface area (Å²) in [6, 6.07) is -0.544. The van der Waals surface area contributed by atoms with Crippen molar-refractivity contribution in [3.05, 3.63) is 12.2 Å². The Kier molecular flexibility index (Phi) is 72.8. The lowest BCUT2D eigenvalue weighted by Gasteiger charge is -2.22. The maximum Gasteiger partial charge on any atom is 0.305 e. The van der Waals surface area contributed by atoms with Crippen LogP contribution in [0.15, 0.2) is 12.2 Å². The van der Waals surface area contributed by atoms with Crippen LogP contribution in [0.1, 0.15) is 450 Å². The molecule has 6 nitrogen and oxygen atoms in total. The van der Waals surface area contributed by atoms with Crippen molar-refractivity contribution in [2.75, 3.05) is 13.2 Å². The van der Waals surface area contributed by atoms with E-state index in [4.69, 9.17) is 4.74 Å². The summed E-state index contributed by atoms with van der Waals surface area (Å²) in [5.74, 6) is -0.0111. The number of hydrogen-bond acceptors (Lipinski definition) is 5. The average molecular weight is 1190 g/mol. The number of carbonyl (C=O) groups is 2. The fourth-order valence-corrected chi connectivity index (χ4v) is 12.6. The predicted molar refractivity (Wildman–Crippen MR) is 370 cm³/mol. The molecule has 6 heteroatoms. The van der Waals surface area contributed by atoms with Crippen LogP contribution in [0.5, 0.6) is 0 Å². The molecule has 0 bridgehead atoms. The fraction of sp³-hybridized carbons (Fsp3) is 0.949. The molecule has 2 unspecified atom stereocenters. The Morgan fingerprint density at radius 3 is 0.845 bits per heavy atom. The molecule has 0 aromatic carbocycles. The van der Waals surface area contributed by atoms with E-state index >= 15 is 0 Å². The summed E-state index contributed by atoms with van der Waals surface area (Å²) >= 11 is 0. The monoisotopic (exact) mass is 1180 g/mol. The Morgan fingerprint density at radius 2 is 0.560 bits per heavy atom. The molecule has 0 saturated heterocycles. The van der Waals surface area contributed by atoms with Crippen molar-refractivity contribution in [3.8, 4) is 0 Å². The van der Waals surface area contributed by atoms with Crippen molar-refractivity contribution in [1.29, 1.82) is 0 Å². The Hall–Kier alpha value is -1.40. The summed E-state index contributed by atoms with van der Waals surface area (Å²) in [7, 11) is 0. The Morgan fingerprint density at radius 1 is 0.321 bits per heavy atom. The molecule has 0 aliphatic heterocycles. The van der Waals surface area contributed by atoms with Gasteiger partial charge in [0.1, 0.15) is 0 Å². The molecule has 0 radical (unpaired) electrons. The summed E-state index contributed by atoms with van der Waals surface area (Å²) in [5.41, 5.74) is 0. The number of aliphatic hydroxyl groups excluding tert-OH is 2. The van der Waals surface area contributed by atoms with Crippen LogP contribution in [0.2, 0.25) is 0 Å². The highest BCUT2D eigenvalue weighted by Crippen LogP contribution is 2.20. The maximum absolute atomic E-state index is 12.6. The number of nitrogens with one attached hydrogen (secondary N) is 1. The van der Waals surface area contributed by atoms with Gasteiger partial charge in [0, 0.05) is 12.8 Å². The second-order valence-electron chi connectivity index (χ2n) is 27.0. The van der Waals surface area contributed by atoms with E-state index in [1.54, 1.807) is 0 Å². The molecule has 0 saturated carbocycles. The first-order valence-electron chi connectivity index (χ1n) is 38.9. The zero-order valence-electron chi connectivity index (χ0n) is 57.4. The van der Waals surface area contributed by atoms with Gasteiger partial charge in [-0.15, -0.1) is 0 Å². The van der Waals surface area contributed by atoms with Gasteiger partial charge in [-0.1, -0.05) is 398 Å². The molecule has 2 atom stereocenters. The highest BCUT2D eigenvalue weighted by atomic mass is 16.5. The van der Waals surface area contributed by atoms with Gasteiger partial charge in [0.05, 0.1) is 25.4 Å². The molecule has 0 aromatic heterocycles. The Labute approximate surface area is 527 Å². The molecule has 84 heavy (non-hydrogen) atoms. The predicted octanol–water partition coefficient (Wildman–Crippen LogP) is 25.5. The topological polar surface area (TPSA) is 95.9 Å². The van der Waals surface area contributed by atoms with Gasteiger partial charge < -0.3 is 20.3 Å². The summed E-state index contributed by atoms with van der Waals surface area (Å²) < 4.78 is 5.51. The van der Waals surface area contributed by atoms with E-state index in [1.807, 2.05) is 0 Å². The van der Waals surface area contributed by atoms with Crippen LogP contribution in [0, 0.1) is 0 Å². The van der Waals surface area contributed by atoms with Crippen molar-refractivity contribution in [3.63, 3.8) is 0 Å². The van der Waals surface area contributed by atoms with Gasteiger partial charge in [0.15, 0.2) is 0 Å². The zero-order chi connectivity index (χ0) is 60.6. The molecule has 0 fully saturated rings. The normalized spacial score (nSPS) is 12.5. The Balaban J connectivity index is 3.37. The van der Waals surface area contributed by atoms with Gasteiger partial charge >= 0.3 is 5.97 Å². The third-order valence-corrected chi connectivity index (χ3v) is 18.6. The number of hydrogen-bond donors (Lipinski definition) is 3. The third-order valence-electron chi connectivity index (χ3n) is 18.6. The zero-order valence-corrected chi connectivity index (χ0v) is 57.4. The molecule has 1 amide bonds. The molecule has 0 aliphatic rings. The first-order valence-corrected chi connectivity index (χ1v) is 38.9. The van der Waals surface area contributed by atoms with Crippen molar-refractivity contribution in [2.24, 2.45) is 0 Å². The quantitative estimate of drug-likeness (QED) is 0.0320. The highest BCUT2D eigenvalue weighted by molar-refractivity contribution is 5.76. The summed E-state index contributed by atoms with van der Waals surface area (Å²) in [6.07, 6.45) is 92.9. The van der Waals surface area contributed by atoms with E-state index in [9.17, 15) is 19.8 Å². The number of esters is 1. The summed E-state index contributed by atoms with van der Waals surface area (Å²) in [5, 5.41) is 23.5. The van der Waals surface area contributed by atoms with Gasteiger partial charge in [-0.3, -0.25) is 9.59 Å². The molecular weight excluding hydrogens is 1030 g/mol. The molecule has 0 aromatic rings. The van der Waals surface area contributed by atoms with Crippen molar-refractivity contribution >= 4 is 11.9 Å². The van der Waals surface area contributed by atoms with Gasteiger partial charge in [-0.25, -0.2) is 0 Å². The largest absolute Gasteiger partial charge is 0.466 e. The van der Waals surface area contributed by atoms with Gasteiger partial charge in [0.2, 0.25) is 5.91 Å². The molecule has 0 rings (SSSR count). The Bertz CT molecular complexity index is 1270. The van der Waals surface area contributed by atoms with E-state index in [0.717, 1.165) is 38.5 Å².